The quantitative estimate of drug-likeness (QED) is 0.684. The van der Waals surface area contributed by atoms with Crippen LogP contribution in [-0.2, 0) is 6.54 Å². The average Bonchev–Trinajstić information content (AvgIpc) is 3.28. The van der Waals surface area contributed by atoms with E-state index in [9.17, 15) is 9.59 Å². The number of anilines is 1. The highest BCUT2D eigenvalue weighted by Crippen LogP contribution is 2.24. The van der Waals surface area contributed by atoms with Crippen LogP contribution in [0.3, 0.4) is 0 Å². The van der Waals surface area contributed by atoms with Crippen molar-refractivity contribution in [1.82, 2.24) is 15.3 Å². The van der Waals surface area contributed by atoms with Gasteiger partial charge in [0.25, 0.3) is 5.91 Å². The predicted octanol–water partition coefficient (Wildman–Crippen LogP) is 2.39. The Balaban J connectivity index is 1.50. The molecule has 1 aliphatic heterocycles. The number of rotatable bonds is 4. The number of H-pyrrole nitrogens is 2. The molecule has 0 bridgehead atoms. The number of nitrogens with zero attached hydrogens (tertiary/aromatic N) is 1. The van der Waals surface area contributed by atoms with E-state index in [1.165, 1.54) is 12.8 Å². The van der Waals surface area contributed by atoms with Crippen molar-refractivity contribution < 1.29 is 4.79 Å². The molecular weight excluding hydrogens is 316 g/mol. The lowest BCUT2D eigenvalue weighted by atomic mass is 10.1. The third-order valence-electron chi connectivity index (χ3n) is 4.63. The van der Waals surface area contributed by atoms with Crippen LogP contribution in [0.15, 0.2) is 47.3 Å². The first-order valence-corrected chi connectivity index (χ1v) is 8.54. The Morgan fingerprint density at radius 3 is 2.64 bits per heavy atom. The smallest absolute Gasteiger partial charge is 0.323 e. The summed E-state index contributed by atoms with van der Waals surface area (Å²) in [6.07, 6.45) is 2.34. The number of fused-ring (bicyclic) bond motifs is 1. The molecule has 4 rings (SSSR count). The number of carbonyl (C=O) groups is 1. The predicted molar refractivity (Wildman–Crippen MR) is 98.0 cm³/mol. The number of imidazole rings is 1. The van der Waals surface area contributed by atoms with Crippen molar-refractivity contribution in [2.24, 2.45) is 0 Å². The number of hydrogen-bond donors (Lipinski definition) is 3. The van der Waals surface area contributed by atoms with Gasteiger partial charge in [0, 0.05) is 25.3 Å². The van der Waals surface area contributed by atoms with E-state index in [0.717, 1.165) is 35.4 Å². The molecule has 1 aliphatic rings. The first-order chi connectivity index (χ1) is 12.2. The largest absolute Gasteiger partial charge is 0.371 e. The number of aromatic nitrogens is 2. The molecule has 0 radical (unpaired) electrons. The van der Waals surface area contributed by atoms with Crippen LogP contribution in [-0.4, -0.2) is 29.0 Å². The van der Waals surface area contributed by atoms with E-state index in [1.807, 2.05) is 42.5 Å². The van der Waals surface area contributed by atoms with Crippen LogP contribution in [0.4, 0.5) is 5.69 Å². The van der Waals surface area contributed by atoms with E-state index >= 15 is 0 Å². The molecule has 1 amide bonds. The fourth-order valence-corrected chi connectivity index (χ4v) is 3.37. The van der Waals surface area contributed by atoms with Gasteiger partial charge in [0.1, 0.15) is 0 Å². The van der Waals surface area contributed by atoms with Gasteiger partial charge in [-0.25, -0.2) is 4.79 Å². The van der Waals surface area contributed by atoms with E-state index in [4.69, 9.17) is 0 Å². The molecule has 128 valence electrons. The molecule has 1 aromatic heterocycles. The van der Waals surface area contributed by atoms with Gasteiger partial charge in [0.2, 0.25) is 0 Å². The number of para-hydroxylation sites is 1. The molecule has 3 N–H and O–H groups in total. The van der Waals surface area contributed by atoms with E-state index < -0.39 is 0 Å². The SMILES string of the molecule is O=C(NCc1ccc2[nH]c(=O)[nH]c2c1)c1ccccc1N1CCCC1. The normalized spacial score (nSPS) is 14.2. The summed E-state index contributed by atoms with van der Waals surface area (Å²) in [5.74, 6) is -0.0786. The Hall–Kier alpha value is -3.02. The van der Waals surface area contributed by atoms with Crippen molar-refractivity contribution in [2.45, 2.75) is 19.4 Å². The molecule has 3 aromatic rings. The molecule has 6 heteroatoms. The van der Waals surface area contributed by atoms with Crippen molar-refractivity contribution in [3.05, 3.63) is 64.1 Å². The molecule has 6 nitrogen and oxygen atoms in total. The molecule has 25 heavy (non-hydrogen) atoms. The fourth-order valence-electron chi connectivity index (χ4n) is 3.37. The third-order valence-corrected chi connectivity index (χ3v) is 4.63. The molecule has 0 spiro atoms. The zero-order valence-electron chi connectivity index (χ0n) is 13.8. The lowest BCUT2D eigenvalue weighted by Gasteiger charge is -2.20. The minimum Gasteiger partial charge on any atom is -0.371 e. The first-order valence-electron chi connectivity index (χ1n) is 8.54. The van der Waals surface area contributed by atoms with Gasteiger partial charge in [-0.15, -0.1) is 0 Å². The standard InChI is InChI=1S/C19H20N4O2/c24-18(14-5-1-2-6-17(14)23-9-3-4-10-23)20-12-13-7-8-15-16(11-13)22-19(25)21-15/h1-2,5-8,11H,3-4,9-10,12H2,(H,20,24)(H2,21,22,25). The first kappa shape index (κ1) is 15.5. The molecule has 0 saturated carbocycles. The number of benzene rings is 2. The Kier molecular flexibility index (Phi) is 4.01. The zero-order chi connectivity index (χ0) is 17.2. The van der Waals surface area contributed by atoms with Crippen LogP contribution in [0.25, 0.3) is 11.0 Å². The second kappa shape index (κ2) is 6.47. The van der Waals surface area contributed by atoms with Gasteiger partial charge in [0.15, 0.2) is 0 Å². The minimum absolute atomic E-state index is 0.0786. The molecule has 2 aromatic carbocycles. The van der Waals surface area contributed by atoms with Gasteiger partial charge in [-0.1, -0.05) is 18.2 Å². The molecule has 2 heterocycles. The van der Waals surface area contributed by atoms with Gasteiger partial charge < -0.3 is 20.2 Å². The summed E-state index contributed by atoms with van der Waals surface area (Å²) >= 11 is 0. The highest BCUT2D eigenvalue weighted by Gasteiger charge is 2.18. The Morgan fingerprint density at radius 1 is 1.04 bits per heavy atom. The van der Waals surface area contributed by atoms with Crippen molar-refractivity contribution >= 4 is 22.6 Å². The molecular formula is C19H20N4O2. The summed E-state index contributed by atoms with van der Waals surface area (Å²) in [5, 5.41) is 2.98. The molecule has 0 unspecified atom stereocenters. The summed E-state index contributed by atoms with van der Waals surface area (Å²) in [6, 6.07) is 13.4. The molecule has 0 atom stereocenters. The number of hydrogen-bond acceptors (Lipinski definition) is 3. The minimum atomic E-state index is -0.226. The maximum atomic E-state index is 12.7. The van der Waals surface area contributed by atoms with E-state index in [-0.39, 0.29) is 11.6 Å². The van der Waals surface area contributed by atoms with Gasteiger partial charge in [0.05, 0.1) is 16.6 Å². The van der Waals surface area contributed by atoms with Crippen molar-refractivity contribution in [2.75, 3.05) is 18.0 Å². The number of aromatic amines is 2. The highest BCUT2D eigenvalue weighted by atomic mass is 16.2. The summed E-state index contributed by atoms with van der Waals surface area (Å²) in [5.41, 5.74) is 3.93. The molecule has 0 aliphatic carbocycles. The Labute approximate surface area is 144 Å². The van der Waals surface area contributed by atoms with Crippen LogP contribution in [0.2, 0.25) is 0 Å². The van der Waals surface area contributed by atoms with Gasteiger partial charge in [-0.3, -0.25) is 4.79 Å². The maximum Gasteiger partial charge on any atom is 0.323 e. The summed E-state index contributed by atoms with van der Waals surface area (Å²) in [7, 11) is 0. The van der Waals surface area contributed by atoms with Crippen LogP contribution < -0.4 is 15.9 Å². The van der Waals surface area contributed by atoms with Crippen LogP contribution in [0.1, 0.15) is 28.8 Å². The van der Waals surface area contributed by atoms with E-state index in [2.05, 4.69) is 20.2 Å². The lowest BCUT2D eigenvalue weighted by molar-refractivity contribution is 0.0951. The second-order valence-electron chi connectivity index (χ2n) is 6.35. The van der Waals surface area contributed by atoms with Crippen molar-refractivity contribution in [3.63, 3.8) is 0 Å². The Bertz CT molecular complexity index is 967. The second-order valence-corrected chi connectivity index (χ2v) is 6.35. The van der Waals surface area contributed by atoms with Crippen molar-refractivity contribution in [1.29, 1.82) is 0 Å². The van der Waals surface area contributed by atoms with Crippen LogP contribution >= 0.6 is 0 Å². The zero-order valence-corrected chi connectivity index (χ0v) is 13.8. The topological polar surface area (TPSA) is 81.0 Å². The van der Waals surface area contributed by atoms with Crippen LogP contribution in [0, 0.1) is 0 Å². The highest BCUT2D eigenvalue weighted by molar-refractivity contribution is 5.99. The fraction of sp³-hybridized carbons (Fsp3) is 0.263. The van der Waals surface area contributed by atoms with E-state index in [0.29, 0.717) is 12.1 Å². The summed E-state index contributed by atoms with van der Waals surface area (Å²) in [6.45, 7) is 2.42. The molecule has 1 saturated heterocycles. The van der Waals surface area contributed by atoms with E-state index in [1.54, 1.807) is 0 Å². The number of nitrogens with one attached hydrogen (secondary N) is 3. The monoisotopic (exact) mass is 336 g/mol. The lowest BCUT2D eigenvalue weighted by Crippen LogP contribution is -2.27. The van der Waals surface area contributed by atoms with Gasteiger partial charge in [-0.05, 0) is 42.7 Å². The average molecular weight is 336 g/mol. The maximum absolute atomic E-state index is 12.7. The van der Waals surface area contributed by atoms with Crippen LogP contribution in [0.5, 0.6) is 0 Å². The number of carbonyl (C=O) groups excluding carboxylic acids is 1. The van der Waals surface area contributed by atoms with Gasteiger partial charge in [-0.2, -0.15) is 0 Å². The third kappa shape index (κ3) is 3.15. The summed E-state index contributed by atoms with van der Waals surface area (Å²) in [4.78, 5) is 31.7. The Morgan fingerprint density at radius 2 is 1.80 bits per heavy atom. The summed E-state index contributed by atoms with van der Waals surface area (Å²) < 4.78 is 0. The number of amides is 1. The molecule has 1 fully saturated rings. The van der Waals surface area contributed by atoms with Gasteiger partial charge >= 0.3 is 5.69 Å². The van der Waals surface area contributed by atoms with Crippen molar-refractivity contribution in [3.8, 4) is 0 Å².